The summed E-state index contributed by atoms with van der Waals surface area (Å²) in [6.45, 7) is 4.14. The summed E-state index contributed by atoms with van der Waals surface area (Å²) >= 11 is 0. The van der Waals surface area contributed by atoms with Gasteiger partial charge < -0.3 is 5.73 Å². The van der Waals surface area contributed by atoms with Gasteiger partial charge in [0.15, 0.2) is 0 Å². The average molecular weight is 228 g/mol. The molecule has 2 aromatic heterocycles. The lowest BCUT2D eigenvalue weighted by Crippen LogP contribution is -2.03. The highest BCUT2D eigenvalue weighted by Crippen LogP contribution is 2.27. The molecule has 4 nitrogen and oxygen atoms in total. The maximum atomic E-state index is 5.93. The van der Waals surface area contributed by atoms with Crippen LogP contribution in [0.5, 0.6) is 0 Å². The van der Waals surface area contributed by atoms with Gasteiger partial charge in [-0.05, 0) is 25.0 Å². The van der Waals surface area contributed by atoms with Gasteiger partial charge in [-0.25, -0.2) is 9.97 Å². The normalized spacial score (nSPS) is 10.5. The molecule has 0 atom stereocenters. The third-order valence-corrected chi connectivity index (χ3v) is 2.75. The first kappa shape index (κ1) is 11.5. The van der Waals surface area contributed by atoms with Gasteiger partial charge in [0, 0.05) is 23.5 Å². The van der Waals surface area contributed by atoms with Crippen molar-refractivity contribution in [1.29, 1.82) is 0 Å². The van der Waals surface area contributed by atoms with Crippen LogP contribution in [0.15, 0.2) is 24.8 Å². The second-order valence-corrected chi connectivity index (χ2v) is 4.03. The quantitative estimate of drug-likeness (QED) is 0.876. The van der Waals surface area contributed by atoms with Gasteiger partial charge in [0.2, 0.25) is 0 Å². The van der Waals surface area contributed by atoms with Gasteiger partial charge in [-0.15, -0.1) is 0 Å². The topological polar surface area (TPSA) is 64.7 Å². The first-order valence-electron chi connectivity index (χ1n) is 5.74. The van der Waals surface area contributed by atoms with Crippen LogP contribution in [0, 0.1) is 6.92 Å². The molecule has 0 bridgehead atoms. The maximum Gasteiger partial charge on any atom is 0.130 e. The molecular weight excluding hydrogens is 212 g/mol. The highest BCUT2D eigenvalue weighted by Gasteiger charge is 2.11. The van der Waals surface area contributed by atoms with Gasteiger partial charge in [-0.2, -0.15) is 0 Å². The van der Waals surface area contributed by atoms with Gasteiger partial charge in [-0.3, -0.25) is 4.98 Å². The minimum Gasteiger partial charge on any atom is -0.383 e. The second kappa shape index (κ2) is 4.91. The van der Waals surface area contributed by atoms with Crippen LogP contribution in [0.2, 0.25) is 0 Å². The molecule has 0 saturated heterocycles. The van der Waals surface area contributed by atoms with Crippen LogP contribution in [-0.4, -0.2) is 15.0 Å². The molecule has 88 valence electrons. The Balaban J connectivity index is 2.59. The van der Waals surface area contributed by atoms with Crippen LogP contribution in [0.1, 0.15) is 24.5 Å². The SMILES string of the molecule is CCCc1c(N)ncnc1-c1ccncc1C. The number of nitrogens with zero attached hydrogens (tertiary/aromatic N) is 3. The van der Waals surface area contributed by atoms with Crippen molar-refractivity contribution >= 4 is 5.82 Å². The van der Waals surface area contributed by atoms with Crippen LogP contribution in [0.25, 0.3) is 11.3 Å². The van der Waals surface area contributed by atoms with E-state index in [2.05, 4.69) is 21.9 Å². The Morgan fingerprint density at radius 3 is 2.82 bits per heavy atom. The smallest absolute Gasteiger partial charge is 0.130 e. The first-order chi connectivity index (χ1) is 8.24. The standard InChI is InChI=1S/C13H16N4/c1-3-4-11-12(16-8-17-13(11)14)10-5-6-15-7-9(10)2/h5-8H,3-4H2,1-2H3,(H2,14,16,17). The molecule has 0 amide bonds. The molecule has 0 spiro atoms. The molecule has 17 heavy (non-hydrogen) atoms. The first-order valence-corrected chi connectivity index (χ1v) is 5.74. The van der Waals surface area contributed by atoms with E-state index in [-0.39, 0.29) is 0 Å². The summed E-state index contributed by atoms with van der Waals surface area (Å²) in [6.07, 6.45) is 7.04. The van der Waals surface area contributed by atoms with E-state index in [1.54, 1.807) is 6.20 Å². The number of rotatable bonds is 3. The Labute approximate surface area is 101 Å². The van der Waals surface area contributed by atoms with Crippen LogP contribution in [0.4, 0.5) is 5.82 Å². The minimum atomic E-state index is 0.577. The summed E-state index contributed by atoms with van der Waals surface area (Å²) in [7, 11) is 0. The summed E-state index contributed by atoms with van der Waals surface area (Å²) < 4.78 is 0. The summed E-state index contributed by atoms with van der Waals surface area (Å²) in [5.41, 5.74) is 10.1. The molecular formula is C13H16N4. The molecule has 0 aliphatic carbocycles. The van der Waals surface area contributed by atoms with Crippen LogP contribution in [0.3, 0.4) is 0 Å². The number of hydrogen-bond donors (Lipinski definition) is 1. The molecule has 0 unspecified atom stereocenters. The number of anilines is 1. The van der Waals surface area contributed by atoms with E-state index in [4.69, 9.17) is 5.73 Å². The zero-order valence-electron chi connectivity index (χ0n) is 10.1. The van der Waals surface area contributed by atoms with Gasteiger partial charge in [0.1, 0.15) is 12.1 Å². The Morgan fingerprint density at radius 1 is 1.29 bits per heavy atom. The Kier molecular flexibility index (Phi) is 3.32. The van der Waals surface area contributed by atoms with Crippen molar-refractivity contribution in [2.45, 2.75) is 26.7 Å². The lowest BCUT2D eigenvalue weighted by molar-refractivity contribution is 0.908. The monoisotopic (exact) mass is 228 g/mol. The van der Waals surface area contributed by atoms with Crippen molar-refractivity contribution in [2.75, 3.05) is 5.73 Å². The number of aromatic nitrogens is 3. The van der Waals surface area contributed by atoms with Gasteiger partial charge >= 0.3 is 0 Å². The highest BCUT2D eigenvalue weighted by atomic mass is 14.9. The van der Waals surface area contributed by atoms with E-state index in [9.17, 15) is 0 Å². The van der Waals surface area contributed by atoms with E-state index < -0.39 is 0 Å². The van der Waals surface area contributed by atoms with Gasteiger partial charge in [-0.1, -0.05) is 13.3 Å². The van der Waals surface area contributed by atoms with E-state index >= 15 is 0 Å². The number of pyridine rings is 1. The van der Waals surface area contributed by atoms with Crippen molar-refractivity contribution in [3.8, 4) is 11.3 Å². The maximum absolute atomic E-state index is 5.93. The Bertz CT molecular complexity index is 523. The predicted molar refractivity (Wildman–Crippen MR) is 68.4 cm³/mol. The van der Waals surface area contributed by atoms with Crippen LogP contribution >= 0.6 is 0 Å². The number of hydrogen-bond acceptors (Lipinski definition) is 4. The van der Waals surface area contributed by atoms with E-state index in [0.717, 1.165) is 35.2 Å². The summed E-state index contributed by atoms with van der Waals surface area (Å²) in [6, 6.07) is 1.97. The van der Waals surface area contributed by atoms with E-state index in [0.29, 0.717) is 5.82 Å². The molecule has 0 aliphatic heterocycles. The second-order valence-electron chi connectivity index (χ2n) is 4.03. The summed E-state index contributed by atoms with van der Waals surface area (Å²) in [5.74, 6) is 0.577. The fraction of sp³-hybridized carbons (Fsp3) is 0.308. The molecule has 0 fully saturated rings. The number of aryl methyl sites for hydroxylation is 1. The van der Waals surface area contributed by atoms with Crippen molar-refractivity contribution < 1.29 is 0 Å². The van der Waals surface area contributed by atoms with Crippen molar-refractivity contribution in [2.24, 2.45) is 0 Å². The summed E-state index contributed by atoms with van der Waals surface area (Å²) in [4.78, 5) is 12.5. The average Bonchev–Trinajstić information content (AvgIpc) is 2.33. The van der Waals surface area contributed by atoms with E-state index in [1.165, 1.54) is 6.33 Å². The Morgan fingerprint density at radius 2 is 2.12 bits per heavy atom. The summed E-state index contributed by atoms with van der Waals surface area (Å²) in [5, 5.41) is 0. The molecule has 0 aliphatic rings. The lowest BCUT2D eigenvalue weighted by atomic mass is 10.0. The molecule has 2 rings (SSSR count). The zero-order valence-corrected chi connectivity index (χ0v) is 10.1. The third-order valence-electron chi connectivity index (χ3n) is 2.75. The van der Waals surface area contributed by atoms with Crippen molar-refractivity contribution in [3.05, 3.63) is 35.9 Å². The number of nitrogen functional groups attached to an aromatic ring is 1. The molecule has 2 aromatic rings. The van der Waals surface area contributed by atoms with Gasteiger partial charge in [0.05, 0.1) is 5.69 Å². The molecule has 0 radical (unpaired) electrons. The number of nitrogens with two attached hydrogens (primary N) is 1. The third kappa shape index (κ3) is 2.25. The molecule has 0 saturated carbocycles. The predicted octanol–water partition coefficient (Wildman–Crippen LogP) is 2.38. The Hall–Kier alpha value is -1.97. The molecule has 4 heteroatoms. The van der Waals surface area contributed by atoms with Gasteiger partial charge in [0.25, 0.3) is 0 Å². The largest absolute Gasteiger partial charge is 0.383 e. The molecule has 2 N–H and O–H groups in total. The van der Waals surface area contributed by atoms with E-state index in [1.807, 2.05) is 19.2 Å². The van der Waals surface area contributed by atoms with Crippen LogP contribution < -0.4 is 5.73 Å². The van der Waals surface area contributed by atoms with Crippen molar-refractivity contribution in [3.63, 3.8) is 0 Å². The fourth-order valence-electron chi connectivity index (χ4n) is 1.89. The lowest BCUT2D eigenvalue weighted by Gasteiger charge is -2.11. The fourth-order valence-corrected chi connectivity index (χ4v) is 1.89. The zero-order chi connectivity index (χ0) is 12.3. The molecule has 0 aromatic carbocycles. The minimum absolute atomic E-state index is 0.577. The van der Waals surface area contributed by atoms with Crippen molar-refractivity contribution in [1.82, 2.24) is 15.0 Å². The van der Waals surface area contributed by atoms with Crippen LogP contribution in [-0.2, 0) is 6.42 Å². The molecule has 2 heterocycles. The highest BCUT2D eigenvalue weighted by molar-refractivity contribution is 5.69.